The summed E-state index contributed by atoms with van der Waals surface area (Å²) < 4.78 is 37.4. The highest BCUT2D eigenvalue weighted by Crippen LogP contribution is 2.24. The minimum absolute atomic E-state index is 0.0632. The fraction of sp³-hybridized carbons (Fsp3) is 0.176. The number of halogens is 2. The van der Waals surface area contributed by atoms with Crippen LogP contribution in [0.25, 0.3) is 0 Å². The summed E-state index contributed by atoms with van der Waals surface area (Å²) in [7, 11) is 2.66. The molecule has 0 heterocycles. The Labute approximate surface area is 137 Å². The molecule has 0 radical (unpaired) electrons. The largest absolute Gasteiger partial charge is 0.496 e. The van der Waals surface area contributed by atoms with Crippen molar-refractivity contribution in [1.82, 2.24) is 0 Å². The van der Waals surface area contributed by atoms with Crippen molar-refractivity contribution in [3.05, 3.63) is 58.7 Å². The van der Waals surface area contributed by atoms with E-state index >= 15 is 0 Å². The monoisotopic (exact) mass is 332 g/mol. The molecule has 0 saturated heterocycles. The smallest absolute Gasteiger partial charge is 0.341 e. The van der Waals surface area contributed by atoms with E-state index in [1.165, 1.54) is 20.3 Å². The van der Waals surface area contributed by atoms with E-state index < -0.39 is 17.6 Å². The normalized spacial score (nSPS) is 9.96. The van der Waals surface area contributed by atoms with Crippen molar-refractivity contribution < 1.29 is 23.0 Å². The summed E-state index contributed by atoms with van der Waals surface area (Å²) in [5.41, 5.74) is 0.358. The van der Waals surface area contributed by atoms with Crippen molar-refractivity contribution in [2.24, 2.45) is 0 Å². The number of rotatable bonds is 5. The molecular weight excluding hydrogens is 318 g/mol. The third-order valence-corrected chi connectivity index (χ3v) is 3.31. The number of nitriles is 1. The van der Waals surface area contributed by atoms with E-state index in [4.69, 9.17) is 10.00 Å². The highest BCUT2D eigenvalue weighted by molar-refractivity contribution is 5.92. The van der Waals surface area contributed by atoms with Crippen LogP contribution >= 0.6 is 0 Å². The first-order valence-corrected chi connectivity index (χ1v) is 6.88. The molecule has 0 unspecified atom stereocenters. The molecule has 124 valence electrons. The number of hydrogen-bond donors (Lipinski definition) is 1. The lowest BCUT2D eigenvalue weighted by Gasteiger charge is -2.12. The van der Waals surface area contributed by atoms with Crippen LogP contribution in [0.1, 0.15) is 21.5 Å². The van der Waals surface area contributed by atoms with Gasteiger partial charge in [0.25, 0.3) is 0 Å². The number of carbonyl (C=O) groups is 1. The molecule has 0 bridgehead atoms. The Balaban J connectivity index is 2.24. The standard InChI is InChI=1S/C17H14F2N2O3/c1-23-15-4-3-10(5-12(15)17(22)24-2)9-21-16-13(18)6-11(8-20)7-14(16)19/h3-7,21H,9H2,1-2H3. The molecule has 0 saturated carbocycles. The quantitative estimate of drug-likeness (QED) is 0.851. The Morgan fingerprint density at radius 3 is 2.42 bits per heavy atom. The second-order valence-electron chi connectivity index (χ2n) is 4.81. The van der Waals surface area contributed by atoms with Crippen molar-refractivity contribution in [1.29, 1.82) is 5.26 Å². The predicted molar refractivity (Wildman–Crippen MR) is 82.7 cm³/mol. The van der Waals surface area contributed by atoms with Crippen molar-refractivity contribution in [3.63, 3.8) is 0 Å². The van der Waals surface area contributed by atoms with E-state index in [9.17, 15) is 13.6 Å². The molecule has 7 heteroatoms. The van der Waals surface area contributed by atoms with E-state index in [-0.39, 0.29) is 23.4 Å². The fourth-order valence-corrected chi connectivity index (χ4v) is 2.13. The molecule has 24 heavy (non-hydrogen) atoms. The van der Waals surface area contributed by atoms with Gasteiger partial charge in [0.2, 0.25) is 0 Å². The van der Waals surface area contributed by atoms with Crippen LogP contribution in [0.4, 0.5) is 14.5 Å². The summed E-state index contributed by atoms with van der Waals surface area (Å²) in [5.74, 6) is -1.98. The maximum atomic E-state index is 13.8. The molecule has 0 aliphatic heterocycles. The van der Waals surface area contributed by atoms with Crippen LogP contribution in [0.15, 0.2) is 30.3 Å². The average molecular weight is 332 g/mol. The first kappa shape index (κ1) is 17.2. The van der Waals surface area contributed by atoms with E-state index in [1.807, 2.05) is 0 Å². The van der Waals surface area contributed by atoms with Gasteiger partial charge in [-0.1, -0.05) is 6.07 Å². The molecule has 2 aromatic carbocycles. The fourth-order valence-electron chi connectivity index (χ4n) is 2.13. The minimum Gasteiger partial charge on any atom is -0.496 e. The number of nitrogens with zero attached hydrogens (tertiary/aromatic N) is 1. The Hall–Kier alpha value is -3.14. The van der Waals surface area contributed by atoms with Gasteiger partial charge in [0.1, 0.15) is 17.0 Å². The van der Waals surface area contributed by atoms with Crippen LogP contribution in [0, 0.1) is 23.0 Å². The van der Waals surface area contributed by atoms with Gasteiger partial charge < -0.3 is 14.8 Å². The maximum absolute atomic E-state index is 13.8. The minimum atomic E-state index is -0.867. The van der Waals surface area contributed by atoms with Crippen LogP contribution in [0.2, 0.25) is 0 Å². The zero-order valence-electron chi connectivity index (χ0n) is 13.0. The number of anilines is 1. The molecule has 0 aromatic heterocycles. The van der Waals surface area contributed by atoms with Crippen molar-refractivity contribution >= 4 is 11.7 Å². The molecule has 0 fully saturated rings. The Kier molecular flexibility index (Phi) is 5.32. The summed E-state index contributed by atoms with van der Waals surface area (Å²) in [6.07, 6.45) is 0. The van der Waals surface area contributed by atoms with Gasteiger partial charge >= 0.3 is 5.97 Å². The van der Waals surface area contributed by atoms with Gasteiger partial charge in [-0.3, -0.25) is 0 Å². The lowest BCUT2D eigenvalue weighted by atomic mass is 10.1. The Bertz CT molecular complexity index is 793. The van der Waals surface area contributed by atoms with Crippen LogP contribution in [0.3, 0.4) is 0 Å². The van der Waals surface area contributed by atoms with Crippen molar-refractivity contribution in [2.45, 2.75) is 6.54 Å². The van der Waals surface area contributed by atoms with Crippen molar-refractivity contribution in [2.75, 3.05) is 19.5 Å². The van der Waals surface area contributed by atoms with Crippen LogP contribution < -0.4 is 10.1 Å². The lowest BCUT2D eigenvalue weighted by Crippen LogP contribution is -2.08. The summed E-state index contributed by atoms with van der Waals surface area (Å²) in [6.45, 7) is 0.0632. The first-order valence-electron chi connectivity index (χ1n) is 6.88. The molecule has 0 aliphatic carbocycles. The summed E-state index contributed by atoms with van der Waals surface area (Å²) >= 11 is 0. The molecule has 2 rings (SSSR count). The third kappa shape index (κ3) is 3.60. The number of methoxy groups -OCH3 is 2. The molecule has 0 spiro atoms. The number of carbonyl (C=O) groups excluding carboxylic acids is 1. The molecule has 0 amide bonds. The summed E-state index contributed by atoms with van der Waals surface area (Å²) in [6, 6.07) is 8.29. The van der Waals surface area contributed by atoms with Crippen LogP contribution in [-0.2, 0) is 11.3 Å². The summed E-state index contributed by atoms with van der Waals surface area (Å²) in [5, 5.41) is 11.3. The highest BCUT2D eigenvalue weighted by Gasteiger charge is 2.15. The number of esters is 1. The van der Waals surface area contributed by atoms with Crippen LogP contribution in [0.5, 0.6) is 5.75 Å². The average Bonchev–Trinajstić information content (AvgIpc) is 2.59. The Morgan fingerprint density at radius 1 is 1.21 bits per heavy atom. The van der Waals surface area contributed by atoms with Gasteiger partial charge in [-0.15, -0.1) is 0 Å². The number of ether oxygens (including phenoxy) is 2. The second-order valence-corrected chi connectivity index (χ2v) is 4.81. The van der Waals surface area contributed by atoms with Gasteiger partial charge in [-0.2, -0.15) is 5.26 Å². The maximum Gasteiger partial charge on any atom is 0.341 e. The second kappa shape index (κ2) is 7.42. The Morgan fingerprint density at radius 2 is 1.88 bits per heavy atom. The van der Waals surface area contributed by atoms with Crippen molar-refractivity contribution in [3.8, 4) is 11.8 Å². The van der Waals surface area contributed by atoms with E-state index in [0.29, 0.717) is 11.3 Å². The predicted octanol–water partition coefficient (Wildman–Crippen LogP) is 3.24. The van der Waals surface area contributed by atoms with Gasteiger partial charge in [0, 0.05) is 6.54 Å². The lowest BCUT2D eigenvalue weighted by molar-refractivity contribution is 0.0597. The van der Waals surface area contributed by atoms with Gasteiger partial charge in [-0.25, -0.2) is 13.6 Å². The molecule has 2 aromatic rings. The van der Waals surface area contributed by atoms with E-state index in [1.54, 1.807) is 18.2 Å². The zero-order valence-corrected chi connectivity index (χ0v) is 13.0. The number of nitrogens with one attached hydrogen (secondary N) is 1. The zero-order chi connectivity index (χ0) is 17.7. The third-order valence-electron chi connectivity index (χ3n) is 3.31. The first-order chi connectivity index (χ1) is 11.5. The van der Waals surface area contributed by atoms with Gasteiger partial charge in [0.15, 0.2) is 11.6 Å². The molecular formula is C17H14F2N2O3. The SMILES string of the molecule is COC(=O)c1cc(CNc2c(F)cc(C#N)cc2F)ccc1OC. The van der Waals surface area contributed by atoms with E-state index in [2.05, 4.69) is 10.1 Å². The number of benzene rings is 2. The number of hydrogen-bond acceptors (Lipinski definition) is 5. The highest BCUT2D eigenvalue weighted by atomic mass is 19.1. The van der Waals surface area contributed by atoms with Crippen LogP contribution in [-0.4, -0.2) is 20.2 Å². The van der Waals surface area contributed by atoms with E-state index in [0.717, 1.165) is 12.1 Å². The van der Waals surface area contributed by atoms with Gasteiger partial charge in [0.05, 0.1) is 25.9 Å². The molecule has 0 atom stereocenters. The molecule has 1 N–H and O–H groups in total. The molecule has 0 aliphatic rings. The summed E-state index contributed by atoms with van der Waals surface area (Å²) in [4.78, 5) is 11.7. The topological polar surface area (TPSA) is 71.3 Å². The molecule has 5 nitrogen and oxygen atoms in total. The van der Waals surface area contributed by atoms with Gasteiger partial charge in [-0.05, 0) is 29.8 Å².